The highest BCUT2D eigenvalue weighted by Crippen LogP contribution is 2.30. The van der Waals surface area contributed by atoms with Crippen LogP contribution in [0.5, 0.6) is 0 Å². The molecule has 1 aromatic rings. The number of hydrogen-bond acceptors (Lipinski definition) is 3. The van der Waals surface area contributed by atoms with Crippen LogP contribution in [0.3, 0.4) is 0 Å². The van der Waals surface area contributed by atoms with Crippen LogP contribution in [-0.2, 0) is 6.42 Å². The zero-order valence-electron chi connectivity index (χ0n) is 11.0. The molecule has 18 heavy (non-hydrogen) atoms. The molecule has 1 saturated heterocycles. The van der Waals surface area contributed by atoms with Crippen LogP contribution >= 0.6 is 27.7 Å². The minimum Gasteiger partial charge on any atom is -0.371 e. The van der Waals surface area contributed by atoms with Gasteiger partial charge < -0.3 is 10.6 Å². The molecule has 100 valence electrons. The zero-order valence-corrected chi connectivity index (χ0v) is 13.4. The molecule has 2 atom stereocenters. The SMILES string of the molecule is CC(N)Cc1cc(Br)ccc1N(C)C1CCSC1. The normalized spacial score (nSPS) is 21.0. The second-order valence-corrected chi connectivity index (χ2v) is 7.15. The minimum absolute atomic E-state index is 0.199. The van der Waals surface area contributed by atoms with Crippen LogP contribution in [0.15, 0.2) is 22.7 Å². The van der Waals surface area contributed by atoms with Gasteiger partial charge in [0, 0.05) is 35.0 Å². The summed E-state index contributed by atoms with van der Waals surface area (Å²) in [6.07, 6.45) is 2.22. The Morgan fingerprint density at radius 3 is 2.94 bits per heavy atom. The lowest BCUT2D eigenvalue weighted by Crippen LogP contribution is -2.32. The van der Waals surface area contributed by atoms with Gasteiger partial charge in [-0.25, -0.2) is 0 Å². The molecule has 1 fully saturated rings. The first kappa shape index (κ1) is 14.2. The summed E-state index contributed by atoms with van der Waals surface area (Å²) in [6, 6.07) is 7.41. The third-order valence-electron chi connectivity index (χ3n) is 3.42. The van der Waals surface area contributed by atoms with Crippen molar-refractivity contribution in [3.63, 3.8) is 0 Å². The molecular weight excluding hydrogens is 308 g/mol. The molecule has 4 heteroatoms. The van der Waals surface area contributed by atoms with Crippen LogP contribution in [-0.4, -0.2) is 30.6 Å². The maximum atomic E-state index is 5.96. The molecule has 0 radical (unpaired) electrons. The van der Waals surface area contributed by atoms with Crippen LogP contribution in [0.25, 0.3) is 0 Å². The molecule has 2 unspecified atom stereocenters. The van der Waals surface area contributed by atoms with Crippen molar-refractivity contribution >= 4 is 33.4 Å². The van der Waals surface area contributed by atoms with Gasteiger partial charge in [-0.05, 0) is 49.3 Å². The molecule has 2 N–H and O–H groups in total. The standard InChI is InChI=1S/C14H21BrN2S/c1-10(16)7-11-8-12(15)3-4-14(11)17(2)13-5-6-18-9-13/h3-4,8,10,13H,5-7,9,16H2,1-2H3. The highest BCUT2D eigenvalue weighted by atomic mass is 79.9. The Hall–Kier alpha value is -0.190. The third-order valence-corrected chi connectivity index (χ3v) is 5.05. The van der Waals surface area contributed by atoms with E-state index in [0.29, 0.717) is 6.04 Å². The van der Waals surface area contributed by atoms with E-state index in [4.69, 9.17) is 5.73 Å². The van der Waals surface area contributed by atoms with Crippen molar-refractivity contribution in [1.82, 2.24) is 0 Å². The van der Waals surface area contributed by atoms with E-state index >= 15 is 0 Å². The van der Waals surface area contributed by atoms with Gasteiger partial charge in [-0.15, -0.1) is 0 Å². The summed E-state index contributed by atoms with van der Waals surface area (Å²) in [5, 5.41) is 0. The van der Waals surface area contributed by atoms with Crippen LogP contribution in [0.1, 0.15) is 18.9 Å². The van der Waals surface area contributed by atoms with Crippen molar-refractivity contribution in [2.24, 2.45) is 5.73 Å². The van der Waals surface area contributed by atoms with E-state index in [1.807, 2.05) is 0 Å². The van der Waals surface area contributed by atoms with E-state index in [1.165, 1.54) is 29.2 Å². The maximum Gasteiger partial charge on any atom is 0.0400 e. The van der Waals surface area contributed by atoms with Gasteiger partial charge in [-0.1, -0.05) is 15.9 Å². The smallest absolute Gasteiger partial charge is 0.0400 e. The van der Waals surface area contributed by atoms with E-state index in [9.17, 15) is 0 Å². The van der Waals surface area contributed by atoms with Gasteiger partial charge in [0.25, 0.3) is 0 Å². The van der Waals surface area contributed by atoms with Gasteiger partial charge >= 0.3 is 0 Å². The highest BCUT2D eigenvalue weighted by molar-refractivity contribution is 9.10. The fourth-order valence-electron chi connectivity index (χ4n) is 2.43. The minimum atomic E-state index is 0.199. The first-order valence-electron chi connectivity index (χ1n) is 6.42. The average molecular weight is 329 g/mol. The Balaban J connectivity index is 2.24. The molecular formula is C14H21BrN2S. The van der Waals surface area contributed by atoms with E-state index in [0.717, 1.165) is 10.9 Å². The predicted octanol–water partition coefficient (Wildman–Crippen LogP) is 3.28. The van der Waals surface area contributed by atoms with Crippen molar-refractivity contribution in [3.05, 3.63) is 28.2 Å². The van der Waals surface area contributed by atoms with Crippen LogP contribution in [0, 0.1) is 0 Å². The number of thioether (sulfide) groups is 1. The summed E-state index contributed by atoms with van der Waals surface area (Å²) in [4.78, 5) is 2.43. The predicted molar refractivity (Wildman–Crippen MR) is 85.6 cm³/mol. The van der Waals surface area contributed by atoms with Gasteiger partial charge in [-0.3, -0.25) is 0 Å². The molecule has 2 rings (SSSR count). The van der Waals surface area contributed by atoms with Crippen molar-refractivity contribution in [1.29, 1.82) is 0 Å². The van der Waals surface area contributed by atoms with Crippen molar-refractivity contribution in [3.8, 4) is 0 Å². The molecule has 2 nitrogen and oxygen atoms in total. The number of hydrogen-bond donors (Lipinski definition) is 1. The van der Waals surface area contributed by atoms with Crippen molar-refractivity contribution in [2.45, 2.75) is 31.8 Å². The van der Waals surface area contributed by atoms with Crippen molar-refractivity contribution in [2.75, 3.05) is 23.5 Å². The molecule has 1 heterocycles. The number of halogens is 1. The number of nitrogens with zero attached hydrogens (tertiary/aromatic N) is 1. The second-order valence-electron chi connectivity index (χ2n) is 5.08. The Morgan fingerprint density at radius 2 is 2.33 bits per heavy atom. The molecule has 0 amide bonds. The topological polar surface area (TPSA) is 29.3 Å². The monoisotopic (exact) mass is 328 g/mol. The lowest BCUT2D eigenvalue weighted by atomic mass is 10.0. The summed E-state index contributed by atoms with van der Waals surface area (Å²) >= 11 is 5.61. The Bertz CT molecular complexity index is 403. The van der Waals surface area contributed by atoms with Crippen LogP contribution < -0.4 is 10.6 Å². The van der Waals surface area contributed by atoms with Gasteiger partial charge in [0.1, 0.15) is 0 Å². The first-order valence-corrected chi connectivity index (χ1v) is 8.37. The van der Waals surface area contributed by atoms with Gasteiger partial charge in [0.05, 0.1) is 0 Å². The second kappa shape index (κ2) is 6.31. The molecule has 0 aliphatic carbocycles. The van der Waals surface area contributed by atoms with E-state index in [1.54, 1.807) is 0 Å². The number of anilines is 1. The summed E-state index contributed by atoms with van der Waals surface area (Å²) in [5.41, 5.74) is 8.64. The fraction of sp³-hybridized carbons (Fsp3) is 0.571. The fourth-order valence-corrected chi connectivity index (χ4v) is 4.11. The Kier molecular flexibility index (Phi) is 4.98. The Morgan fingerprint density at radius 1 is 1.56 bits per heavy atom. The zero-order chi connectivity index (χ0) is 13.1. The van der Waals surface area contributed by atoms with Gasteiger partial charge in [0.2, 0.25) is 0 Å². The quantitative estimate of drug-likeness (QED) is 0.919. The molecule has 1 aliphatic rings. The van der Waals surface area contributed by atoms with Crippen LogP contribution in [0.4, 0.5) is 5.69 Å². The molecule has 0 saturated carbocycles. The summed E-state index contributed by atoms with van der Waals surface area (Å²) < 4.78 is 1.14. The van der Waals surface area contributed by atoms with Crippen molar-refractivity contribution < 1.29 is 0 Å². The lowest BCUT2D eigenvalue weighted by molar-refractivity contribution is 0.686. The summed E-state index contributed by atoms with van der Waals surface area (Å²) in [5.74, 6) is 2.53. The molecule has 1 aliphatic heterocycles. The summed E-state index contributed by atoms with van der Waals surface area (Å²) in [6.45, 7) is 2.07. The third kappa shape index (κ3) is 3.43. The molecule has 0 aromatic heterocycles. The van der Waals surface area contributed by atoms with Gasteiger partial charge in [-0.2, -0.15) is 11.8 Å². The lowest BCUT2D eigenvalue weighted by Gasteiger charge is -2.29. The maximum absolute atomic E-state index is 5.96. The van der Waals surface area contributed by atoms with Gasteiger partial charge in [0.15, 0.2) is 0 Å². The molecule has 0 bridgehead atoms. The molecule has 0 spiro atoms. The average Bonchev–Trinajstić information content (AvgIpc) is 2.81. The summed E-state index contributed by atoms with van der Waals surface area (Å²) in [7, 11) is 2.21. The number of rotatable bonds is 4. The number of nitrogens with two attached hydrogens (primary N) is 1. The number of benzene rings is 1. The first-order chi connectivity index (χ1) is 8.58. The highest BCUT2D eigenvalue weighted by Gasteiger charge is 2.22. The van der Waals surface area contributed by atoms with E-state index < -0.39 is 0 Å². The van der Waals surface area contributed by atoms with E-state index in [-0.39, 0.29) is 6.04 Å². The van der Waals surface area contributed by atoms with Crippen LogP contribution in [0.2, 0.25) is 0 Å². The molecule has 1 aromatic carbocycles. The Labute approximate surface area is 122 Å². The largest absolute Gasteiger partial charge is 0.371 e. The van der Waals surface area contributed by atoms with E-state index in [2.05, 4.69) is 64.8 Å².